The van der Waals surface area contributed by atoms with Crippen molar-refractivity contribution in [3.63, 3.8) is 0 Å². The van der Waals surface area contributed by atoms with Crippen molar-refractivity contribution in [2.24, 2.45) is 0 Å². The Kier molecular flexibility index (Phi) is 5.23. The van der Waals surface area contributed by atoms with E-state index in [0.29, 0.717) is 42.6 Å². The molecular weight excluding hydrogens is 342 g/mol. The maximum Gasteiger partial charge on any atom is 0.322 e. The van der Waals surface area contributed by atoms with Gasteiger partial charge in [0.15, 0.2) is 0 Å². The average Bonchev–Trinajstić information content (AvgIpc) is 2.65. The molecule has 25 heavy (non-hydrogen) atoms. The van der Waals surface area contributed by atoms with Gasteiger partial charge in [-0.3, -0.25) is 4.98 Å². The second-order valence-corrected chi connectivity index (χ2v) is 6.18. The van der Waals surface area contributed by atoms with Crippen molar-refractivity contribution in [3.8, 4) is 5.75 Å². The third-order valence-electron chi connectivity index (χ3n) is 4.16. The van der Waals surface area contributed by atoms with Crippen molar-refractivity contribution >= 4 is 29.1 Å². The van der Waals surface area contributed by atoms with Crippen LogP contribution in [0.3, 0.4) is 0 Å². The number of aryl methyl sites for hydroxylation is 1. The molecule has 1 saturated heterocycles. The molecule has 2 aromatic rings. The van der Waals surface area contributed by atoms with Crippen LogP contribution in [0.4, 0.5) is 16.3 Å². The Morgan fingerprint density at radius 1 is 1.24 bits per heavy atom. The molecule has 7 nitrogen and oxygen atoms in total. The third-order valence-corrected chi connectivity index (χ3v) is 4.57. The molecule has 1 N–H and O–H groups in total. The first-order valence-corrected chi connectivity index (χ1v) is 8.37. The largest absolute Gasteiger partial charge is 0.495 e. The van der Waals surface area contributed by atoms with Crippen LogP contribution < -0.4 is 15.0 Å². The van der Waals surface area contributed by atoms with Crippen LogP contribution in [-0.4, -0.2) is 54.2 Å². The van der Waals surface area contributed by atoms with Gasteiger partial charge in [-0.05, 0) is 18.6 Å². The number of carbonyl (C=O) groups excluding carboxylic acids is 1. The highest BCUT2D eigenvalue weighted by Gasteiger charge is 2.23. The van der Waals surface area contributed by atoms with Crippen LogP contribution in [0.2, 0.25) is 5.02 Å². The molecule has 0 unspecified atom stereocenters. The highest BCUT2D eigenvalue weighted by atomic mass is 35.5. The second kappa shape index (κ2) is 7.57. The Labute approximate surface area is 151 Å². The first kappa shape index (κ1) is 17.3. The minimum absolute atomic E-state index is 0.154. The number of amides is 2. The first-order chi connectivity index (χ1) is 12.1. The lowest BCUT2D eigenvalue weighted by Crippen LogP contribution is -2.50. The van der Waals surface area contributed by atoms with Crippen molar-refractivity contribution in [2.45, 2.75) is 6.92 Å². The van der Waals surface area contributed by atoms with Crippen LogP contribution in [0.1, 0.15) is 5.56 Å². The highest BCUT2D eigenvalue weighted by Crippen LogP contribution is 2.31. The molecule has 1 aliphatic rings. The summed E-state index contributed by atoms with van der Waals surface area (Å²) in [5, 5.41) is 3.51. The molecule has 1 aliphatic heterocycles. The summed E-state index contributed by atoms with van der Waals surface area (Å²) < 4.78 is 5.30. The maximum atomic E-state index is 12.6. The molecule has 0 saturated carbocycles. The zero-order chi connectivity index (χ0) is 17.8. The minimum atomic E-state index is -0.154. The zero-order valence-corrected chi connectivity index (χ0v) is 15.0. The number of urea groups is 1. The lowest BCUT2D eigenvalue weighted by Gasteiger charge is -2.35. The van der Waals surface area contributed by atoms with E-state index in [0.717, 1.165) is 11.4 Å². The van der Waals surface area contributed by atoms with Gasteiger partial charge in [-0.25, -0.2) is 9.78 Å². The molecule has 2 heterocycles. The fourth-order valence-corrected chi connectivity index (χ4v) is 2.87. The van der Waals surface area contributed by atoms with Gasteiger partial charge >= 0.3 is 6.03 Å². The number of hydrogen-bond donors (Lipinski definition) is 1. The van der Waals surface area contributed by atoms with E-state index in [1.165, 1.54) is 0 Å². The summed E-state index contributed by atoms with van der Waals surface area (Å²) >= 11 is 6.10. The van der Waals surface area contributed by atoms with Crippen molar-refractivity contribution in [2.75, 3.05) is 43.5 Å². The summed E-state index contributed by atoms with van der Waals surface area (Å²) in [6.07, 6.45) is 5.05. The molecule has 132 valence electrons. The third kappa shape index (κ3) is 3.93. The number of hydrogen-bond acceptors (Lipinski definition) is 5. The van der Waals surface area contributed by atoms with Gasteiger partial charge < -0.3 is 19.9 Å². The topological polar surface area (TPSA) is 70.6 Å². The second-order valence-electron chi connectivity index (χ2n) is 5.77. The molecule has 8 heteroatoms. The molecule has 2 amide bonds. The summed E-state index contributed by atoms with van der Waals surface area (Å²) in [5.74, 6) is 1.37. The van der Waals surface area contributed by atoms with Gasteiger partial charge in [-0.1, -0.05) is 11.6 Å². The summed E-state index contributed by atoms with van der Waals surface area (Å²) in [5.41, 5.74) is 1.50. The number of piperazine rings is 1. The van der Waals surface area contributed by atoms with Gasteiger partial charge in [-0.15, -0.1) is 0 Å². The number of methoxy groups -OCH3 is 1. The van der Waals surface area contributed by atoms with E-state index < -0.39 is 0 Å². The quantitative estimate of drug-likeness (QED) is 0.910. The first-order valence-electron chi connectivity index (χ1n) is 7.99. The number of ether oxygens (including phenoxy) is 1. The van der Waals surface area contributed by atoms with E-state index in [9.17, 15) is 4.79 Å². The molecule has 1 aromatic heterocycles. The lowest BCUT2D eigenvalue weighted by molar-refractivity contribution is 0.208. The maximum absolute atomic E-state index is 12.6. The fourth-order valence-electron chi connectivity index (χ4n) is 2.72. The van der Waals surface area contributed by atoms with E-state index in [1.54, 1.807) is 36.7 Å². The van der Waals surface area contributed by atoms with Crippen LogP contribution in [0.25, 0.3) is 0 Å². The van der Waals surface area contributed by atoms with Crippen LogP contribution in [0, 0.1) is 6.92 Å². The van der Waals surface area contributed by atoms with Gasteiger partial charge in [0.2, 0.25) is 0 Å². The number of rotatable bonds is 3. The summed E-state index contributed by atoms with van der Waals surface area (Å²) in [6.45, 7) is 4.53. The predicted octanol–water partition coefficient (Wildman–Crippen LogP) is 2.80. The van der Waals surface area contributed by atoms with E-state index >= 15 is 0 Å². The highest BCUT2D eigenvalue weighted by molar-refractivity contribution is 6.31. The van der Waals surface area contributed by atoms with Crippen molar-refractivity contribution in [3.05, 3.63) is 41.3 Å². The van der Waals surface area contributed by atoms with E-state index in [-0.39, 0.29) is 6.03 Å². The van der Waals surface area contributed by atoms with Gasteiger partial charge in [0, 0.05) is 49.7 Å². The summed E-state index contributed by atoms with van der Waals surface area (Å²) in [6, 6.07) is 3.37. The van der Waals surface area contributed by atoms with Gasteiger partial charge in [-0.2, -0.15) is 0 Å². The molecule has 0 aliphatic carbocycles. The number of aromatic nitrogens is 2. The van der Waals surface area contributed by atoms with E-state index in [4.69, 9.17) is 16.3 Å². The number of benzene rings is 1. The molecule has 0 radical (unpaired) electrons. The van der Waals surface area contributed by atoms with Crippen molar-refractivity contribution in [1.82, 2.24) is 14.9 Å². The number of anilines is 2. The minimum Gasteiger partial charge on any atom is -0.495 e. The fraction of sp³-hybridized carbons (Fsp3) is 0.353. The normalized spacial score (nSPS) is 14.4. The van der Waals surface area contributed by atoms with Gasteiger partial charge in [0.1, 0.15) is 11.6 Å². The number of halogens is 1. The predicted molar refractivity (Wildman–Crippen MR) is 97.6 cm³/mol. The Morgan fingerprint density at radius 3 is 2.64 bits per heavy atom. The molecule has 1 aromatic carbocycles. The number of nitrogens with zero attached hydrogens (tertiary/aromatic N) is 4. The summed E-state index contributed by atoms with van der Waals surface area (Å²) in [7, 11) is 1.55. The molecule has 0 spiro atoms. The smallest absolute Gasteiger partial charge is 0.322 e. The Hall–Kier alpha value is -2.54. The van der Waals surface area contributed by atoms with Crippen LogP contribution in [0.15, 0.2) is 30.7 Å². The average molecular weight is 362 g/mol. The number of nitrogens with one attached hydrogen (secondary N) is 1. The monoisotopic (exact) mass is 361 g/mol. The van der Waals surface area contributed by atoms with Crippen LogP contribution >= 0.6 is 11.6 Å². The number of carbonyl (C=O) groups is 1. The molecule has 1 fully saturated rings. The van der Waals surface area contributed by atoms with Crippen molar-refractivity contribution in [1.29, 1.82) is 0 Å². The van der Waals surface area contributed by atoms with Gasteiger partial charge in [0.05, 0.1) is 19.0 Å². The molecular formula is C17H20ClN5O2. The molecule has 0 bridgehead atoms. The van der Waals surface area contributed by atoms with E-state index in [1.807, 2.05) is 13.0 Å². The standard InChI is InChI=1S/C17H20ClN5O2/c1-12-9-14(15(25-2)10-13(12)18)21-17(24)23-7-5-22(6-8-23)16-11-19-3-4-20-16/h3-4,9-11H,5-8H2,1-2H3,(H,21,24). The van der Waals surface area contributed by atoms with Crippen molar-refractivity contribution < 1.29 is 9.53 Å². The SMILES string of the molecule is COc1cc(Cl)c(C)cc1NC(=O)N1CCN(c2cnccn2)CC1. The Bertz CT molecular complexity index is 748. The van der Waals surface area contributed by atoms with E-state index in [2.05, 4.69) is 20.2 Å². The Balaban J connectivity index is 1.63. The van der Waals surface area contributed by atoms with Crippen LogP contribution in [-0.2, 0) is 0 Å². The summed E-state index contributed by atoms with van der Waals surface area (Å²) in [4.78, 5) is 24.8. The van der Waals surface area contributed by atoms with Gasteiger partial charge in [0.25, 0.3) is 0 Å². The molecule has 3 rings (SSSR count). The zero-order valence-electron chi connectivity index (χ0n) is 14.2. The Morgan fingerprint density at radius 2 is 2.00 bits per heavy atom. The molecule has 0 atom stereocenters. The lowest BCUT2D eigenvalue weighted by atomic mass is 10.2. The van der Waals surface area contributed by atoms with Crippen LogP contribution in [0.5, 0.6) is 5.75 Å².